The Kier molecular flexibility index (Phi) is 5.01. The lowest BCUT2D eigenvalue weighted by Gasteiger charge is -2.24. The second kappa shape index (κ2) is 6.61. The van der Waals surface area contributed by atoms with Crippen LogP contribution >= 0.6 is 11.3 Å². The molecule has 2 aromatic rings. The van der Waals surface area contributed by atoms with Gasteiger partial charge < -0.3 is 5.32 Å². The van der Waals surface area contributed by atoms with Crippen LogP contribution in [0, 0.1) is 13.8 Å². The van der Waals surface area contributed by atoms with E-state index in [4.69, 9.17) is 0 Å². The van der Waals surface area contributed by atoms with Crippen LogP contribution in [0.1, 0.15) is 42.6 Å². The van der Waals surface area contributed by atoms with Gasteiger partial charge in [-0.1, -0.05) is 36.8 Å². The molecule has 0 aliphatic heterocycles. The van der Waals surface area contributed by atoms with Gasteiger partial charge in [0.1, 0.15) is 0 Å². The van der Waals surface area contributed by atoms with Crippen LogP contribution in [0.3, 0.4) is 0 Å². The van der Waals surface area contributed by atoms with E-state index in [1.54, 1.807) is 11.3 Å². The molecular weight excluding hydrogens is 292 g/mol. The first-order valence-electron chi connectivity index (χ1n) is 7.65. The standard InChI is InChI=1S/C18H24N2OS/c1-6-18(4,5)20-16(21)11-15-17(19-13(3)22-15)14-9-7-12(2)8-10-14/h7-10H,6,11H2,1-5H3,(H,20,21). The summed E-state index contributed by atoms with van der Waals surface area (Å²) in [7, 11) is 0. The summed E-state index contributed by atoms with van der Waals surface area (Å²) in [5.74, 6) is 0.0591. The third-order valence-electron chi connectivity index (χ3n) is 3.81. The van der Waals surface area contributed by atoms with Crippen molar-refractivity contribution in [1.82, 2.24) is 10.3 Å². The van der Waals surface area contributed by atoms with Crippen molar-refractivity contribution in [2.45, 2.75) is 53.0 Å². The number of benzene rings is 1. The van der Waals surface area contributed by atoms with E-state index in [1.165, 1.54) is 5.56 Å². The maximum absolute atomic E-state index is 12.3. The molecule has 2 rings (SSSR count). The molecule has 4 heteroatoms. The number of nitrogens with one attached hydrogen (secondary N) is 1. The van der Waals surface area contributed by atoms with Gasteiger partial charge in [0, 0.05) is 16.0 Å². The van der Waals surface area contributed by atoms with Crippen LogP contribution in [0.2, 0.25) is 0 Å². The Balaban J connectivity index is 2.22. The zero-order chi connectivity index (χ0) is 16.3. The van der Waals surface area contributed by atoms with Gasteiger partial charge in [-0.05, 0) is 34.1 Å². The Bertz CT molecular complexity index is 656. The molecule has 1 aromatic heterocycles. The van der Waals surface area contributed by atoms with Gasteiger partial charge in [-0.3, -0.25) is 4.79 Å². The Morgan fingerprint density at radius 3 is 2.45 bits per heavy atom. The SMILES string of the molecule is CCC(C)(C)NC(=O)Cc1sc(C)nc1-c1ccc(C)cc1. The predicted molar refractivity (Wildman–Crippen MR) is 93.2 cm³/mol. The van der Waals surface area contributed by atoms with E-state index in [-0.39, 0.29) is 11.4 Å². The number of carbonyl (C=O) groups excluding carboxylic acids is 1. The number of hydrogen-bond acceptors (Lipinski definition) is 3. The Hall–Kier alpha value is -1.68. The number of thiazole rings is 1. The van der Waals surface area contributed by atoms with Crippen molar-refractivity contribution in [3.8, 4) is 11.3 Å². The highest BCUT2D eigenvalue weighted by molar-refractivity contribution is 7.12. The smallest absolute Gasteiger partial charge is 0.225 e. The molecule has 0 spiro atoms. The van der Waals surface area contributed by atoms with Gasteiger partial charge in [-0.2, -0.15) is 0 Å². The van der Waals surface area contributed by atoms with Crippen molar-refractivity contribution in [2.75, 3.05) is 0 Å². The molecule has 0 bridgehead atoms. The van der Waals surface area contributed by atoms with Crippen molar-refractivity contribution >= 4 is 17.2 Å². The molecule has 1 aromatic carbocycles. The molecule has 0 saturated carbocycles. The largest absolute Gasteiger partial charge is 0.351 e. The maximum atomic E-state index is 12.3. The van der Waals surface area contributed by atoms with Crippen molar-refractivity contribution in [3.63, 3.8) is 0 Å². The van der Waals surface area contributed by atoms with Crippen molar-refractivity contribution in [1.29, 1.82) is 0 Å². The highest BCUT2D eigenvalue weighted by Crippen LogP contribution is 2.29. The molecule has 22 heavy (non-hydrogen) atoms. The van der Waals surface area contributed by atoms with Gasteiger partial charge in [0.05, 0.1) is 17.1 Å². The number of hydrogen-bond donors (Lipinski definition) is 1. The first kappa shape index (κ1) is 16.7. The number of aryl methyl sites for hydroxylation is 2. The van der Waals surface area contributed by atoms with Crippen LogP contribution in [0.25, 0.3) is 11.3 Å². The minimum Gasteiger partial charge on any atom is -0.351 e. The first-order chi connectivity index (χ1) is 10.3. The molecule has 1 N–H and O–H groups in total. The summed E-state index contributed by atoms with van der Waals surface area (Å²) in [6.45, 7) is 10.2. The van der Waals surface area contributed by atoms with Gasteiger partial charge >= 0.3 is 0 Å². The van der Waals surface area contributed by atoms with Crippen LogP contribution in [-0.2, 0) is 11.2 Å². The molecule has 0 aliphatic rings. The molecule has 0 unspecified atom stereocenters. The Labute approximate surface area is 136 Å². The van der Waals surface area contributed by atoms with E-state index in [9.17, 15) is 4.79 Å². The topological polar surface area (TPSA) is 42.0 Å². The van der Waals surface area contributed by atoms with Gasteiger partial charge in [0.25, 0.3) is 0 Å². The summed E-state index contributed by atoms with van der Waals surface area (Å²) in [5.41, 5.74) is 3.07. The van der Waals surface area contributed by atoms with Crippen LogP contribution in [0.15, 0.2) is 24.3 Å². The molecule has 1 heterocycles. The van der Waals surface area contributed by atoms with Crippen LogP contribution < -0.4 is 5.32 Å². The summed E-state index contributed by atoms with van der Waals surface area (Å²) in [6.07, 6.45) is 1.30. The molecular formula is C18H24N2OS. The van der Waals surface area contributed by atoms with Crippen LogP contribution in [-0.4, -0.2) is 16.4 Å². The zero-order valence-electron chi connectivity index (χ0n) is 14.0. The third-order valence-corrected chi connectivity index (χ3v) is 4.78. The number of amides is 1. The predicted octanol–water partition coefficient (Wildman–Crippen LogP) is 4.27. The number of carbonyl (C=O) groups is 1. The summed E-state index contributed by atoms with van der Waals surface area (Å²) >= 11 is 1.60. The summed E-state index contributed by atoms with van der Waals surface area (Å²) in [6, 6.07) is 8.30. The molecule has 1 amide bonds. The van der Waals surface area contributed by atoms with Crippen molar-refractivity contribution in [3.05, 3.63) is 39.7 Å². The lowest BCUT2D eigenvalue weighted by atomic mass is 10.0. The second-order valence-corrected chi connectivity index (χ2v) is 7.62. The van der Waals surface area contributed by atoms with E-state index >= 15 is 0 Å². The van der Waals surface area contributed by atoms with Crippen molar-refractivity contribution in [2.24, 2.45) is 0 Å². The van der Waals surface area contributed by atoms with E-state index < -0.39 is 0 Å². The number of rotatable bonds is 5. The highest BCUT2D eigenvalue weighted by Gasteiger charge is 2.20. The minimum absolute atomic E-state index is 0.0591. The molecule has 0 atom stereocenters. The quantitative estimate of drug-likeness (QED) is 0.895. The van der Waals surface area contributed by atoms with Gasteiger partial charge in [-0.15, -0.1) is 11.3 Å². The molecule has 0 saturated heterocycles. The fraction of sp³-hybridized carbons (Fsp3) is 0.444. The lowest BCUT2D eigenvalue weighted by Crippen LogP contribution is -2.43. The average molecular weight is 316 g/mol. The lowest BCUT2D eigenvalue weighted by molar-refractivity contribution is -0.122. The number of nitrogens with zero attached hydrogens (tertiary/aromatic N) is 1. The molecule has 0 radical (unpaired) electrons. The fourth-order valence-electron chi connectivity index (χ4n) is 2.18. The van der Waals surface area contributed by atoms with E-state index in [1.807, 2.05) is 20.8 Å². The molecule has 0 fully saturated rings. The zero-order valence-corrected chi connectivity index (χ0v) is 14.8. The summed E-state index contributed by atoms with van der Waals surface area (Å²) in [4.78, 5) is 18.0. The minimum atomic E-state index is -0.166. The average Bonchev–Trinajstić information content (AvgIpc) is 2.79. The van der Waals surface area contributed by atoms with E-state index in [0.717, 1.165) is 27.6 Å². The highest BCUT2D eigenvalue weighted by atomic mass is 32.1. The molecule has 3 nitrogen and oxygen atoms in total. The van der Waals surface area contributed by atoms with Gasteiger partial charge in [0.15, 0.2) is 0 Å². The van der Waals surface area contributed by atoms with Crippen molar-refractivity contribution < 1.29 is 4.79 Å². The Morgan fingerprint density at radius 2 is 1.86 bits per heavy atom. The Morgan fingerprint density at radius 1 is 1.23 bits per heavy atom. The van der Waals surface area contributed by atoms with Crippen LogP contribution in [0.5, 0.6) is 0 Å². The fourth-order valence-corrected chi connectivity index (χ4v) is 3.14. The normalized spacial score (nSPS) is 11.5. The maximum Gasteiger partial charge on any atom is 0.225 e. The molecule has 0 aliphatic carbocycles. The second-order valence-electron chi connectivity index (χ2n) is 6.33. The van der Waals surface area contributed by atoms with Gasteiger partial charge in [0.2, 0.25) is 5.91 Å². The van der Waals surface area contributed by atoms with E-state index in [2.05, 4.69) is 48.4 Å². The van der Waals surface area contributed by atoms with Crippen LogP contribution in [0.4, 0.5) is 0 Å². The first-order valence-corrected chi connectivity index (χ1v) is 8.47. The van der Waals surface area contributed by atoms with Gasteiger partial charge in [-0.25, -0.2) is 4.98 Å². The molecule has 118 valence electrons. The number of aromatic nitrogens is 1. The third kappa shape index (κ3) is 4.17. The summed E-state index contributed by atoms with van der Waals surface area (Å²) < 4.78 is 0. The summed E-state index contributed by atoms with van der Waals surface area (Å²) in [5, 5.41) is 4.09. The monoisotopic (exact) mass is 316 g/mol. The van der Waals surface area contributed by atoms with E-state index in [0.29, 0.717) is 6.42 Å².